The molecule has 2 heterocycles. The van der Waals surface area contributed by atoms with Crippen molar-refractivity contribution in [1.82, 2.24) is 15.0 Å². The van der Waals surface area contributed by atoms with Gasteiger partial charge in [0.05, 0.1) is 6.54 Å². The second kappa shape index (κ2) is 6.56. The Kier molecular flexibility index (Phi) is 4.98. The van der Waals surface area contributed by atoms with Crippen molar-refractivity contribution in [2.45, 2.75) is 71.6 Å². The molecule has 6 heteroatoms. The first kappa shape index (κ1) is 15.9. The van der Waals surface area contributed by atoms with E-state index in [1.54, 1.807) is 0 Å². The van der Waals surface area contributed by atoms with Gasteiger partial charge in [0.1, 0.15) is 11.6 Å². The molecule has 6 nitrogen and oxygen atoms in total. The van der Waals surface area contributed by atoms with E-state index in [1.165, 1.54) is 0 Å². The van der Waals surface area contributed by atoms with Crippen LogP contribution in [0.3, 0.4) is 0 Å². The van der Waals surface area contributed by atoms with Gasteiger partial charge in [-0.2, -0.15) is 4.98 Å². The average Bonchev–Trinajstić information content (AvgIpc) is 2.97. The van der Waals surface area contributed by atoms with Gasteiger partial charge in [-0.3, -0.25) is 9.69 Å². The number of esters is 1. The van der Waals surface area contributed by atoms with Gasteiger partial charge in [0.25, 0.3) is 0 Å². The van der Waals surface area contributed by atoms with Crippen LogP contribution in [0.25, 0.3) is 0 Å². The molecule has 21 heavy (non-hydrogen) atoms. The largest absolute Gasteiger partial charge is 0.459 e. The number of aryl methyl sites for hydroxylation is 1. The highest BCUT2D eigenvalue weighted by atomic mass is 16.6. The molecule has 0 unspecified atom stereocenters. The average molecular weight is 295 g/mol. The Balaban J connectivity index is 1.96. The van der Waals surface area contributed by atoms with Gasteiger partial charge >= 0.3 is 5.97 Å². The molecule has 0 radical (unpaired) electrons. The lowest BCUT2D eigenvalue weighted by atomic mass is 10.1. The van der Waals surface area contributed by atoms with E-state index in [2.05, 4.69) is 22.0 Å². The van der Waals surface area contributed by atoms with Gasteiger partial charge in [0.15, 0.2) is 5.82 Å². The van der Waals surface area contributed by atoms with Crippen LogP contribution in [0, 0.1) is 0 Å². The van der Waals surface area contributed by atoms with Gasteiger partial charge in [0.2, 0.25) is 5.89 Å². The predicted molar refractivity (Wildman–Crippen MR) is 77.6 cm³/mol. The molecule has 1 atom stereocenters. The first-order valence-corrected chi connectivity index (χ1v) is 7.67. The van der Waals surface area contributed by atoms with E-state index in [0.29, 0.717) is 18.3 Å². The van der Waals surface area contributed by atoms with Crippen molar-refractivity contribution < 1.29 is 14.1 Å². The molecule has 0 aliphatic carbocycles. The maximum absolute atomic E-state index is 12.2. The molecule has 0 aromatic carbocycles. The molecule has 0 bridgehead atoms. The normalized spacial score (nSPS) is 19.9. The van der Waals surface area contributed by atoms with Crippen molar-refractivity contribution in [3.63, 3.8) is 0 Å². The van der Waals surface area contributed by atoms with Crippen molar-refractivity contribution in [3.05, 3.63) is 11.7 Å². The molecule has 2 rings (SSSR count). The molecule has 1 aliphatic heterocycles. The first-order valence-electron chi connectivity index (χ1n) is 7.67. The molecular weight excluding hydrogens is 270 g/mol. The Morgan fingerprint density at radius 3 is 2.90 bits per heavy atom. The summed E-state index contributed by atoms with van der Waals surface area (Å²) in [5.41, 5.74) is -0.453. The van der Waals surface area contributed by atoms with Crippen molar-refractivity contribution in [1.29, 1.82) is 0 Å². The van der Waals surface area contributed by atoms with Crippen LogP contribution in [0.2, 0.25) is 0 Å². The number of carbonyl (C=O) groups excluding carboxylic acids is 1. The minimum absolute atomic E-state index is 0.155. The molecule has 1 aromatic rings. The Morgan fingerprint density at radius 1 is 1.48 bits per heavy atom. The third-order valence-corrected chi connectivity index (χ3v) is 3.36. The van der Waals surface area contributed by atoms with Gasteiger partial charge in [-0.1, -0.05) is 12.1 Å². The van der Waals surface area contributed by atoms with Crippen LogP contribution < -0.4 is 0 Å². The van der Waals surface area contributed by atoms with E-state index in [4.69, 9.17) is 9.26 Å². The van der Waals surface area contributed by atoms with Gasteiger partial charge in [-0.25, -0.2) is 0 Å². The van der Waals surface area contributed by atoms with Crippen LogP contribution in [0.5, 0.6) is 0 Å². The lowest BCUT2D eigenvalue weighted by Crippen LogP contribution is -2.40. The number of ether oxygens (including phenoxy) is 1. The quantitative estimate of drug-likeness (QED) is 0.777. The van der Waals surface area contributed by atoms with Crippen LogP contribution in [0.4, 0.5) is 0 Å². The highest BCUT2D eigenvalue weighted by Crippen LogP contribution is 2.22. The third-order valence-electron chi connectivity index (χ3n) is 3.36. The van der Waals surface area contributed by atoms with Gasteiger partial charge in [0, 0.05) is 6.42 Å². The highest BCUT2D eigenvalue weighted by Gasteiger charge is 2.34. The van der Waals surface area contributed by atoms with E-state index in [1.807, 2.05) is 20.8 Å². The number of hydrogen-bond donors (Lipinski definition) is 0. The molecule has 0 amide bonds. The predicted octanol–water partition coefficient (Wildman–Crippen LogP) is 2.33. The molecule has 1 fully saturated rings. The molecule has 0 N–H and O–H groups in total. The summed E-state index contributed by atoms with van der Waals surface area (Å²) in [6.45, 7) is 9.14. The topological polar surface area (TPSA) is 68.5 Å². The van der Waals surface area contributed by atoms with Crippen LogP contribution >= 0.6 is 0 Å². The van der Waals surface area contributed by atoms with Crippen LogP contribution in [-0.2, 0) is 22.5 Å². The molecule has 0 spiro atoms. The van der Waals surface area contributed by atoms with Gasteiger partial charge in [-0.05, 0) is 46.6 Å². The zero-order chi connectivity index (χ0) is 15.5. The summed E-state index contributed by atoms with van der Waals surface area (Å²) in [6.07, 6.45) is 3.59. The SMILES string of the molecule is CCCc1nc(CN2CCC[C@H]2C(=O)OC(C)(C)C)no1. The maximum Gasteiger partial charge on any atom is 0.323 e. The second-order valence-corrected chi connectivity index (χ2v) is 6.52. The first-order chi connectivity index (χ1) is 9.89. The minimum Gasteiger partial charge on any atom is -0.459 e. The summed E-state index contributed by atoms with van der Waals surface area (Å²) in [4.78, 5) is 18.7. The molecule has 1 aromatic heterocycles. The fraction of sp³-hybridized carbons (Fsp3) is 0.800. The second-order valence-electron chi connectivity index (χ2n) is 6.52. The summed E-state index contributed by atoms with van der Waals surface area (Å²) in [6, 6.07) is -0.197. The van der Waals surface area contributed by atoms with Crippen LogP contribution in [-0.4, -0.2) is 39.2 Å². The lowest BCUT2D eigenvalue weighted by molar-refractivity contribution is -0.160. The standard InChI is InChI=1S/C15H25N3O3/c1-5-7-13-16-12(17-21-13)10-18-9-6-8-11(18)14(19)20-15(2,3)4/h11H,5-10H2,1-4H3/t11-/m0/s1. The van der Waals surface area contributed by atoms with E-state index in [-0.39, 0.29) is 12.0 Å². The number of nitrogens with zero attached hydrogens (tertiary/aromatic N) is 3. The zero-order valence-electron chi connectivity index (χ0n) is 13.4. The Labute approximate surface area is 125 Å². The van der Waals surface area contributed by atoms with Crippen molar-refractivity contribution >= 4 is 5.97 Å². The Hall–Kier alpha value is -1.43. The molecular formula is C15H25N3O3. The minimum atomic E-state index is -0.453. The van der Waals surface area contributed by atoms with Crippen LogP contribution in [0.1, 0.15) is 58.7 Å². The van der Waals surface area contributed by atoms with E-state index < -0.39 is 5.60 Å². The third kappa shape index (κ3) is 4.52. The monoisotopic (exact) mass is 295 g/mol. The lowest BCUT2D eigenvalue weighted by Gasteiger charge is -2.26. The molecule has 118 valence electrons. The summed E-state index contributed by atoms with van der Waals surface area (Å²) in [7, 11) is 0. The smallest absolute Gasteiger partial charge is 0.323 e. The number of likely N-dealkylation sites (tertiary alicyclic amines) is 1. The van der Waals surface area contributed by atoms with E-state index in [9.17, 15) is 4.79 Å². The summed E-state index contributed by atoms with van der Waals surface area (Å²) < 4.78 is 10.7. The number of hydrogen-bond acceptors (Lipinski definition) is 6. The van der Waals surface area contributed by atoms with E-state index in [0.717, 1.165) is 32.2 Å². The fourth-order valence-electron chi connectivity index (χ4n) is 2.50. The highest BCUT2D eigenvalue weighted by molar-refractivity contribution is 5.76. The van der Waals surface area contributed by atoms with Crippen molar-refractivity contribution in [2.75, 3.05) is 6.54 Å². The van der Waals surface area contributed by atoms with Crippen molar-refractivity contribution in [3.8, 4) is 0 Å². The molecule has 1 saturated heterocycles. The Morgan fingerprint density at radius 2 is 2.24 bits per heavy atom. The van der Waals surface area contributed by atoms with Gasteiger partial charge in [-0.15, -0.1) is 0 Å². The summed E-state index contributed by atoms with van der Waals surface area (Å²) >= 11 is 0. The number of rotatable bonds is 5. The fourth-order valence-corrected chi connectivity index (χ4v) is 2.50. The molecule has 0 saturated carbocycles. The van der Waals surface area contributed by atoms with Crippen molar-refractivity contribution in [2.24, 2.45) is 0 Å². The number of aromatic nitrogens is 2. The Bertz CT molecular complexity index is 479. The van der Waals surface area contributed by atoms with Crippen LogP contribution in [0.15, 0.2) is 4.52 Å². The summed E-state index contributed by atoms with van der Waals surface area (Å²) in [5, 5.41) is 3.99. The van der Waals surface area contributed by atoms with E-state index >= 15 is 0 Å². The maximum atomic E-state index is 12.2. The van der Waals surface area contributed by atoms with Gasteiger partial charge < -0.3 is 9.26 Å². The molecule has 1 aliphatic rings. The summed E-state index contributed by atoms with van der Waals surface area (Å²) in [5.74, 6) is 1.16. The zero-order valence-corrected chi connectivity index (χ0v) is 13.4. The number of carbonyl (C=O) groups is 1.